The Balaban J connectivity index is 1.62. The quantitative estimate of drug-likeness (QED) is 0.785. The zero-order chi connectivity index (χ0) is 15.8. The second-order valence-corrected chi connectivity index (χ2v) is 5.43. The Hall–Kier alpha value is -1.91. The molecule has 0 fully saturated rings. The second-order valence-electron chi connectivity index (χ2n) is 4.56. The van der Waals surface area contributed by atoms with Gasteiger partial charge < -0.3 is 15.4 Å². The third kappa shape index (κ3) is 5.84. The molecule has 6 heteroatoms. The van der Waals surface area contributed by atoms with E-state index in [0.717, 1.165) is 5.56 Å². The molecule has 0 radical (unpaired) electrons. The van der Waals surface area contributed by atoms with Crippen LogP contribution in [0.4, 0.5) is 4.79 Å². The number of hydrogen-bond acceptors (Lipinski definition) is 2. The molecular weight excluding hydrogens is 323 g/mol. The van der Waals surface area contributed by atoms with Crippen molar-refractivity contribution in [3.63, 3.8) is 0 Å². The molecule has 116 valence electrons. The fourth-order valence-corrected chi connectivity index (χ4v) is 2.13. The summed E-state index contributed by atoms with van der Waals surface area (Å²) in [5, 5.41) is 6.69. The van der Waals surface area contributed by atoms with Crippen LogP contribution in [0, 0.1) is 0 Å². The van der Waals surface area contributed by atoms with Gasteiger partial charge in [-0.1, -0.05) is 35.3 Å². The molecule has 0 aliphatic heterocycles. The van der Waals surface area contributed by atoms with Crippen LogP contribution in [0.3, 0.4) is 0 Å². The summed E-state index contributed by atoms with van der Waals surface area (Å²) >= 11 is 11.7. The van der Waals surface area contributed by atoms with Crippen molar-refractivity contribution in [1.82, 2.24) is 10.6 Å². The molecule has 0 unspecified atom stereocenters. The lowest BCUT2D eigenvalue weighted by Crippen LogP contribution is -2.38. The summed E-state index contributed by atoms with van der Waals surface area (Å²) in [6, 6.07) is 14.2. The van der Waals surface area contributed by atoms with Gasteiger partial charge in [-0.05, 0) is 48.4 Å². The summed E-state index contributed by atoms with van der Waals surface area (Å²) in [5.74, 6) is 0.642. The highest BCUT2D eigenvalue weighted by Crippen LogP contribution is 2.15. The maximum Gasteiger partial charge on any atom is 0.317 e. The highest BCUT2D eigenvalue weighted by molar-refractivity contribution is 6.30. The first-order valence-corrected chi connectivity index (χ1v) is 7.53. The summed E-state index contributed by atoms with van der Waals surface area (Å²) in [6.45, 7) is 0.609. The molecule has 2 rings (SSSR count). The fourth-order valence-electron chi connectivity index (χ4n) is 1.79. The van der Waals surface area contributed by atoms with Gasteiger partial charge in [-0.2, -0.15) is 0 Å². The van der Waals surface area contributed by atoms with Gasteiger partial charge in [0.2, 0.25) is 0 Å². The van der Waals surface area contributed by atoms with Gasteiger partial charge in [0, 0.05) is 16.6 Å². The standard InChI is InChI=1S/C16H16Cl2N2O2/c17-13-4-6-15(7-5-13)22-11-20-16(21)19-9-8-12-2-1-3-14(18)10-12/h1-7,10H,8-9,11H2,(H2,19,20,21). The average molecular weight is 339 g/mol. The molecule has 2 amide bonds. The van der Waals surface area contributed by atoms with Crippen LogP contribution >= 0.6 is 23.2 Å². The molecule has 22 heavy (non-hydrogen) atoms. The number of halogens is 2. The van der Waals surface area contributed by atoms with E-state index in [9.17, 15) is 4.79 Å². The number of carbonyl (C=O) groups excluding carboxylic acids is 1. The monoisotopic (exact) mass is 338 g/mol. The van der Waals surface area contributed by atoms with Crippen molar-refractivity contribution in [2.75, 3.05) is 13.3 Å². The van der Waals surface area contributed by atoms with E-state index in [2.05, 4.69) is 10.6 Å². The molecule has 4 nitrogen and oxygen atoms in total. The zero-order valence-corrected chi connectivity index (χ0v) is 13.3. The first-order valence-electron chi connectivity index (χ1n) is 6.78. The molecule has 2 aromatic rings. The van der Waals surface area contributed by atoms with Crippen LogP contribution in [0.15, 0.2) is 48.5 Å². The van der Waals surface area contributed by atoms with Gasteiger partial charge in [0.25, 0.3) is 0 Å². The highest BCUT2D eigenvalue weighted by Gasteiger charge is 2.00. The Kier molecular flexibility index (Phi) is 6.37. The van der Waals surface area contributed by atoms with Crippen molar-refractivity contribution in [2.45, 2.75) is 6.42 Å². The fraction of sp³-hybridized carbons (Fsp3) is 0.188. The van der Waals surface area contributed by atoms with Crippen LogP contribution in [0.1, 0.15) is 5.56 Å². The highest BCUT2D eigenvalue weighted by atomic mass is 35.5. The van der Waals surface area contributed by atoms with Crippen LogP contribution in [-0.4, -0.2) is 19.3 Å². The van der Waals surface area contributed by atoms with E-state index in [-0.39, 0.29) is 12.8 Å². The Morgan fingerprint density at radius 1 is 1.00 bits per heavy atom. The lowest BCUT2D eigenvalue weighted by molar-refractivity contribution is 0.224. The predicted octanol–water partition coefficient (Wildman–Crippen LogP) is 3.87. The first-order chi connectivity index (χ1) is 10.6. The summed E-state index contributed by atoms with van der Waals surface area (Å²) < 4.78 is 5.36. The molecule has 0 saturated heterocycles. The van der Waals surface area contributed by atoms with Crippen LogP contribution in [-0.2, 0) is 6.42 Å². The van der Waals surface area contributed by atoms with Crippen molar-refractivity contribution in [2.24, 2.45) is 0 Å². The molecule has 0 saturated carbocycles. The maximum atomic E-state index is 11.6. The molecule has 2 N–H and O–H groups in total. The number of nitrogens with one attached hydrogen (secondary N) is 2. The molecule has 0 atom stereocenters. The van der Waals surface area contributed by atoms with E-state index in [1.807, 2.05) is 24.3 Å². The number of hydrogen-bond donors (Lipinski definition) is 2. The van der Waals surface area contributed by atoms with Crippen LogP contribution in [0.25, 0.3) is 0 Å². The summed E-state index contributed by atoms with van der Waals surface area (Å²) in [5.41, 5.74) is 1.07. The Bertz CT molecular complexity index is 618. The van der Waals surface area contributed by atoms with Crippen molar-refractivity contribution >= 4 is 29.2 Å². The number of carbonyl (C=O) groups is 1. The number of benzene rings is 2. The number of amides is 2. The topological polar surface area (TPSA) is 50.4 Å². The number of ether oxygens (including phenoxy) is 1. The molecule has 0 aliphatic rings. The van der Waals surface area contributed by atoms with Crippen molar-refractivity contribution in [3.05, 3.63) is 64.1 Å². The summed E-state index contributed by atoms with van der Waals surface area (Å²) in [4.78, 5) is 11.6. The van der Waals surface area contributed by atoms with E-state index in [1.54, 1.807) is 24.3 Å². The lowest BCUT2D eigenvalue weighted by Gasteiger charge is -2.09. The van der Waals surface area contributed by atoms with E-state index < -0.39 is 0 Å². The van der Waals surface area contributed by atoms with Crippen LogP contribution < -0.4 is 15.4 Å². The minimum atomic E-state index is -0.281. The Labute approximate surface area is 139 Å². The van der Waals surface area contributed by atoms with Crippen molar-refractivity contribution in [1.29, 1.82) is 0 Å². The molecule has 0 bridgehead atoms. The minimum Gasteiger partial charge on any atom is -0.473 e. The van der Waals surface area contributed by atoms with Gasteiger partial charge in [0.1, 0.15) is 5.75 Å². The van der Waals surface area contributed by atoms with Crippen LogP contribution in [0.5, 0.6) is 5.75 Å². The van der Waals surface area contributed by atoms with Gasteiger partial charge in [-0.3, -0.25) is 0 Å². The molecule has 2 aromatic carbocycles. The third-order valence-electron chi connectivity index (χ3n) is 2.87. The molecular formula is C16H16Cl2N2O2. The first kappa shape index (κ1) is 16.5. The molecule has 0 heterocycles. The molecule has 0 aromatic heterocycles. The summed E-state index contributed by atoms with van der Waals surface area (Å²) in [7, 11) is 0. The van der Waals surface area contributed by atoms with E-state index in [0.29, 0.717) is 28.8 Å². The average Bonchev–Trinajstić information content (AvgIpc) is 2.49. The van der Waals surface area contributed by atoms with E-state index in [4.69, 9.17) is 27.9 Å². The van der Waals surface area contributed by atoms with E-state index in [1.165, 1.54) is 0 Å². The zero-order valence-electron chi connectivity index (χ0n) is 11.8. The third-order valence-corrected chi connectivity index (χ3v) is 3.36. The normalized spacial score (nSPS) is 10.1. The van der Waals surface area contributed by atoms with Gasteiger partial charge in [-0.15, -0.1) is 0 Å². The van der Waals surface area contributed by atoms with Gasteiger partial charge in [-0.25, -0.2) is 4.79 Å². The number of rotatable bonds is 6. The second kappa shape index (κ2) is 8.51. The maximum absolute atomic E-state index is 11.6. The Morgan fingerprint density at radius 2 is 1.77 bits per heavy atom. The lowest BCUT2D eigenvalue weighted by atomic mass is 10.1. The van der Waals surface area contributed by atoms with Gasteiger partial charge in [0.15, 0.2) is 6.73 Å². The summed E-state index contributed by atoms with van der Waals surface area (Å²) in [6.07, 6.45) is 0.714. The SMILES string of the molecule is O=C(NCCc1cccc(Cl)c1)NCOc1ccc(Cl)cc1. The largest absolute Gasteiger partial charge is 0.473 e. The Morgan fingerprint density at radius 3 is 2.50 bits per heavy atom. The molecule has 0 spiro atoms. The smallest absolute Gasteiger partial charge is 0.317 e. The van der Waals surface area contributed by atoms with Crippen molar-refractivity contribution in [3.8, 4) is 5.75 Å². The van der Waals surface area contributed by atoms with Crippen LogP contribution in [0.2, 0.25) is 10.0 Å². The minimum absolute atomic E-state index is 0.0879. The predicted molar refractivity (Wildman–Crippen MR) is 88.6 cm³/mol. The molecule has 0 aliphatic carbocycles. The van der Waals surface area contributed by atoms with Gasteiger partial charge in [0.05, 0.1) is 0 Å². The van der Waals surface area contributed by atoms with E-state index >= 15 is 0 Å². The van der Waals surface area contributed by atoms with Gasteiger partial charge >= 0.3 is 6.03 Å². The number of urea groups is 1. The van der Waals surface area contributed by atoms with Crippen molar-refractivity contribution < 1.29 is 9.53 Å².